The van der Waals surface area contributed by atoms with Crippen LogP contribution >= 0.6 is 0 Å². The number of cyclic esters (lactones) is 1. The third-order valence-corrected chi connectivity index (χ3v) is 9.64. The van der Waals surface area contributed by atoms with Crippen LogP contribution in [-0.4, -0.2) is 104 Å². The Morgan fingerprint density at radius 1 is 1.16 bits per heavy atom. The molecule has 0 saturated carbocycles. The number of halogens is 1. The molecule has 0 radical (unpaired) electrons. The van der Waals surface area contributed by atoms with E-state index in [0.29, 0.717) is 43.6 Å². The highest BCUT2D eigenvalue weighted by atomic mass is 32.2. The lowest BCUT2D eigenvalue weighted by molar-refractivity contribution is -0.151. The van der Waals surface area contributed by atoms with E-state index in [1.807, 2.05) is 33.0 Å². The number of rotatable bonds is 6. The molecule has 2 aliphatic heterocycles. The van der Waals surface area contributed by atoms with Gasteiger partial charge in [0, 0.05) is 45.6 Å². The molecule has 3 N–H and O–H groups in total. The van der Waals surface area contributed by atoms with E-state index in [2.05, 4.69) is 9.62 Å². The Kier molecular flexibility index (Phi) is 11.8. The molecule has 0 spiro atoms. The molecular weight excluding hydrogens is 579 g/mol. The largest absolute Gasteiger partial charge is 0.465 e. The van der Waals surface area contributed by atoms with E-state index in [1.165, 1.54) is 31.1 Å². The highest BCUT2D eigenvalue weighted by Gasteiger charge is 2.37. The zero-order chi connectivity index (χ0) is 32.1. The van der Waals surface area contributed by atoms with E-state index in [1.54, 1.807) is 13.0 Å². The predicted molar refractivity (Wildman–Crippen MR) is 163 cm³/mol. The van der Waals surface area contributed by atoms with Crippen LogP contribution in [0.4, 0.5) is 14.9 Å². The number of ether oxygens (including phenoxy) is 1. The van der Waals surface area contributed by atoms with Crippen LogP contribution < -0.4 is 4.72 Å². The van der Waals surface area contributed by atoms with E-state index in [4.69, 9.17) is 4.74 Å². The van der Waals surface area contributed by atoms with Crippen LogP contribution in [0.3, 0.4) is 0 Å². The molecule has 0 aliphatic carbocycles. The molecule has 2 aliphatic rings. The number of carbonyl (C=O) groups excluding carboxylic acids is 1. The number of carboxylic acid groups (broad SMARTS) is 1. The fourth-order valence-electron chi connectivity index (χ4n) is 5.71. The lowest BCUT2D eigenvalue weighted by Gasteiger charge is -2.43. The smallest absolute Gasteiger partial charge is 0.407 e. The lowest BCUT2D eigenvalue weighted by Crippen LogP contribution is -2.57. The van der Waals surface area contributed by atoms with Crippen LogP contribution in [0, 0.1) is 23.6 Å². The van der Waals surface area contributed by atoms with E-state index in [9.17, 15) is 32.6 Å². The Morgan fingerprint density at radius 3 is 2.51 bits per heavy atom. The average Bonchev–Trinajstić information content (AvgIpc) is 2.89. The Labute approximate surface area is 254 Å². The van der Waals surface area contributed by atoms with Crippen LogP contribution in [0.5, 0.6) is 0 Å². The molecule has 0 aromatic heterocycles. The van der Waals surface area contributed by atoms with Gasteiger partial charge in [-0.3, -0.25) is 9.52 Å². The number of likely N-dealkylation sites (N-methyl/N-ethyl adjacent to an activating group) is 1. The number of aliphatic hydroxyl groups excluding tert-OH is 1. The summed E-state index contributed by atoms with van der Waals surface area (Å²) in [6.45, 7) is 7.26. The van der Waals surface area contributed by atoms with Gasteiger partial charge in [0.05, 0.1) is 24.3 Å². The van der Waals surface area contributed by atoms with Crippen molar-refractivity contribution in [2.75, 3.05) is 45.5 Å². The molecule has 2 heterocycles. The molecule has 13 heteroatoms. The van der Waals surface area contributed by atoms with Crippen molar-refractivity contribution in [1.29, 1.82) is 0 Å². The van der Waals surface area contributed by atoms with Gasteiger partial charge in [-0.1, -0.05) is 32.1 Å². The second kappa shape index (κ2) is 14.7. The number of nitrogens with zero attached hydrogens (tertiary/aromatic N) is 3. The van der Waals surface area contributed by atoms with Gasteiger partial charge in [-0.15, -0.1) is 0 Å². The fraction of sp³-hybridized carbons (Fsp3) is 0.600. The van der Waals surface area contributed by atoms with Crippen molar-refractivity contribution in [3.63, 3.8) is 0 Å². The van der Waals surface area contributed by atoms with E-state index in [-0.39, 0.29) is 35.9 Å². The SMILES string of the molecule is C/C(=C\c1cc(F)cc(NS(=O)(=O)N(C)C)c1)[C@H]1OC(=O)C[C@H](O)CC[C@H](C)[C@@H](C2CN(C)CCN2C(=O)O)/C=C/[C@@H]1C. The summed E-state index contributed by atoms with van der Waals surface area (Å²) in [5.41, 5.74) is 0.983. The van der Waals surface area contributed by atoms with Crippen LogP contribution in [0.1, 0.15) is 45.6 Å². The van der Waals surface area contributed by atoms with E-state index < -0.39 is 40.3 Å². The normalized spacial score (nSPS) is 29.4. The van der Waals surface area contributed by atoms with Crippen molar-refractivity contribution in [1.82, 2.24) is 14.1 Å². The van der Waals surface area contributed by atoms with Gasteiger partial charge < -0.3 is 24.7 Å². The maximum absolute atomic E-state index is 14.5. The predicted octanol–water partition coefficient (Wildman–Crippen LogP) is 3.64. The van der Waals surface area contributed by atoms with Crippen molar-refractivity contribution < 1.29 is 37.3 Å². The van der Waals surface area contributed by atoms with Gasteiger partial charge in [0.25, 0.3) is 0 Å². The second-order valence-electron chi connectivity index (χ2n) is 12.0. The van der Waals surface area contributed by atoms with Gasteiger partial charge in [-0.05, 0) is 62.1 Å². The van der Waals surface area contributed by atoms with Crippen molar-refractivity contribution in [3.8, 4) is 0 Å². The fourth-order valence-corrected chi connectivity index (χ4v) is 6.31. The molecule has 6 atom stereocenters. The van der Waals surface area contributed by atoms with Crippen molar-refractivity contribution in [2.45, 2.75) is 58.3 Å². The highest BCUT2D eigenvalue weighted by molar-refractivity contribution is 7.90. The van der Waals surface area contributed by atoms with Gasteiger partial charge in [-0.25, -0.2) is 9.18 Å². The van der Waals surface area contributed by atoms with Crippen LogP contribution in [0.15, 0.2) is 35.9 Å². The molecule has 3 rings (SSSR count). The Morgan fingerprint density at radius 2 is 1.86 bits per heavy atom. The minimum absolute atomic E-state index is 0.0265. The summed E-state index contributed by atoms with van der Waals surface area (Å²) in [7, 11) is 0.818. The van der Waals surface area contributed by atoms with Crippen molar-refractivity contribution in [3.05, 3.63) is 47.3 Å². The number of nitrogens with one attached hydrogen (secondary N) is 1. The van der Waals surface area contributed by atoms with Crippen LogP contribution in [-0.2, 0) is 19.7 Å². The first-order valence-electron chi connectivity index (χ1n) is 14.5. The van der Waals surface area contributed by atoms with Gasteiger partial charge >= 0.3 is 22.3 Å². The van der Waals surface area contributed by atoms with Crippen molar-refractivity contribution >= 4 is 34.0 Å². The van der Waals surface area contributed by atoms with Crippen molar-refractivity contribution in [2.24, 2.45) is 17.8 Å². The molecule has 1 saturated heterocycles. The maximum atomic E-state index is 14.5. The zero-order valence-electron chi connectivity index (χ0n) is 25.7. The summed E-state index contributed by atoms with van der Waals surface area (Å²) in [5, 5.41) is 20.6. The average molecular weight is 625 g/mol. The Bertz CT molecular complexity index is 1320. The summed E-state index contributed by atoms with van der Waals surface area (Å²) >= 11 is 0. The molecule has 1 aromatic rings. The van der Waals surface area contributed by atoms with Crippen LogP contribution in [0.25, 0.3) is 6.08 Å². The number of hydrogen-bond donors (Lipinski definition) is 3. The monoisotopic (exact) mass is 624 g/mol. The maximum Gasteiger partial charge on any atom is 0.407 e. The molecule has 11 nitrogen and oxygen atoms in total. The molecule has 240 valence electrons. The quantitative estimate of drug-likeness (QED) is 0.322. The van der Waals surface area contributed by atoms with Gasteiger partial charge in [-0.2, -0.15) is 12.7 Å². The van der Waals surface area contributed by atoms with E-state index in [0.717, 1.165) is 10.4 Å². The Hall–Kier alpha value is -3.00. The molecule has 1 unspecified atom stereocenters. The summed E-state index contributed by atoms with van der Waals surface area (Å²) in [6, 6.07) is 3.51. The topological polar surface area (TPSA) is 140 Å². The molecule has 1 amide bonds. The summed E-state index contributed by atoms with van der Waals surface area (Å²) in [6.07, 6.45) is 3.68. The van der Waals surface area contributed by atoms with Gasteiger partial charge in [0.1, 0.15) is 11.9 Å². The van der Waals surface area contributed by atoms with Gasteiger partial charge in [0.2, 0.25) is 0 Å². The number of amides is 1. The summed E-state index contributed by atoms with van der Waals surface area (Å²) < 4.78 is 48.2. The minimum atomic E-state index is -3.86. The minimum Gasteiger partial charge on any atom is -0.465 e. The number of esters is 1. The highest BCUT2D eigenvalue weighted by Crippen LogP contribution is 2.31. The zero-order valence-corrected chi connectivity index (χ0v) is 26.6. The van der Waals surface area contributed by atoms with E-state index >= 15 is 0 Å². The number of piperazine rings is 1. The lowest BCUT2D eigenvalue weighted by atomic mass is 9.80. The number of aliphatic hydroxyl groups is 1. The second-order valence-corrected chi connectivity index (χ2v) is 13.9. The number of carbonyl (C=O) groups is 2. The number of hydrogen-bond acceptors (Lipinski definition) is 7. The third-order valence-electron chi connectivity index (χ3n) is 8.19. The number of anilines is 1. The number of benzene rings is 1. The van der Waals surface area contributed by atoms with Crippen LogP contribution in [0.2, 0.25) is 0 Å². The summed E-state index contributed by atoms with van der Waals surface area (Å²) in [5.74, 6) is -1.70. The molecule has 1 aromatic carbocycles. The molecule has 43 heavy (non-hydrogen) atoms. The summed E-state index contributed by atoms with van der Waals surface area (Å²) in [4.78, 5) is 28.6. The Balaban J connectivity index is 1.98. The first-order valence-corrected chi connectivity index (χ1v) is 15.9. The third kappa shape index (κ3) is 9.49. The first kappa shape index (κ1) is 34.5. The van der Waals surface area contributed by atoms with Gasteiger partial charge in [0.15, 0.2) is 0 Å². The first-order chi connectivity index (χ1) is 20.1. The molecular formula is C30H45FN4O7S. The molecule has 1 fully saturated rings. The standard InChI is InChI=1S/C30H45FN4O7S/c1-19-7-9-25(36)17-28(37)42-29(20(2)8-10-26(19)27-18-34(6)11-12-35(27)30(38)39)21(3)13-22-14-23(31)16-24(15-22)32-43(40,41)33(4)5/h8,10,13-16,19-20,25-27,29,32,36H,7,9,11-12,17-18H2,1-6H3,(H,38,39)/b10-8+,21-13+/t19-,20-,25+,26-,27?,29-/m0/s1. The molecule has 0 bridgehead atoms.